The van der Waals surface area contributed by atoms with Gasteiger partial charge in [-0.2, -0.15) is 0 Å². The van der Waals surface area contributed by atoms with Crippen LogP contribution in [0.3, 0.4) is 0 Å². The van der Waals surface area contributed by atoms with Crippen molar-refractivity contribution < 1.29 is 9.90 Å². The first-order valence-corrected chi connectivity index (χ1v) is 6.88. The van der Waals surface area contributed by atoms with Gasteiger partial charge in [0, 0.05) is 15.8 Å². The number of fused-ring (bicyclic) bond motifs is 1. The van der Waals surface area contributed by atoms with Crippen LogP contribution in [0.25, 0.3) is 10.1 Å². The highest BCUT2D eigenvalue weighted by molar-refractivity contribution is 7.20. The van der Waals surface area contributed by atoms with Gasteiger partial charge in [-0.25, -0.2) is 4.79 Å². The van der Waals surface area contributed by atoms with Crippen molar-refractivity contribution in [2.75, 3.05) is 0 Å². The van der Waals surface area contributed by atoms with Crippen LogP contribution >= 0.6 is 11.3 Å². The van der Waals surface area contributed by atoms with E-state index in [1.54, 1.807) is 6.07 Å². The Kier molecular flexibility index (Phi) is 3.24. The Morgan fingerprint density at radius 2 is 1.70 bits per heavy atom. The zero-order chi connectivity index (χ0) is 13.9. The molecular weight excluding hydrogens is 268 g/mol. The van der Waals surface area contributed by atoms with Gasteiger partial charge in [-0.05, 0) is 41.8 Å². The van der Waals surface area contributed by atoms with Gasteiger partial charge in [0.1, 0.15) is 4.88 Å². The second kappa shape index (κ2) is 5.20. The average molecular weight is 278 g/mol. The Labute approximate surface area is 120 Å². The van der Waals surface area contributed by atoms with Gasteiger partial charge in [0.05, 0.1) is 0 Å². The van der Waals surface area contributed by atoms with E-state index in [9.17, 15) is 4.79 Å². The Hall–Kier alpha value is -2.57. The first-order valence-electron chi connectivity index (χ1n) is 6.06. The standard InChI is InChI=1S/C17H10O2S/c18-17(19)16-11-14-10-13(8-9-15(14)20-16)7-6-12-4-2-1-3-5-12/h1-5,8-11H,(H,18,19). The third kappa shape index (κ3) is 2.56. The van der Waals surface area contributed by atoms with Crippen molar-refractivity contribution in [2.45, 2.75) is 0 Å². The van der Waals surface area contributed by atoms with Crippen LogP contribution in [-0.2, 0) is 0 Å². The van der Waals surface area contributed by atoms with Crippen molar-refractivity contribution in [3.8, 4) is 11.8 Å². The molecule has 2 aromatic carbocycles. The predicted molar refractivity (Wildman–Crippen MR) is 81.2 cm³/mol. The number of carboxylic acids is 1. The van der Waals surface area contributed by atoms with E-state index in [0.717, 1.165) is 21.2 Å². The number of rotatable bonds is 1. The van der Waals surface area contributed by atoms with Crippen molar-refractivity contribution in [1.82, 2.24) is 0 Å². The normalized spacial score (nSPS) is 10.0. The molecule has 20 heavy (non-hydrogen) atoms. The average Bonchev–Trinajstić information content (AvgIpc) is 2.89. The fraction of sp³-hybridized carbons (Fsp3) is 0. The third-order valence-corrected chi connectivity index (χ3v) is 3.96. The summed E-state index contributed by atoms with van der Waals surface area (Å²) in [7, 11) is 0. The molecule has 0 atom stereocenters. The largest absolute Gasteiger partial charge is 0.477 e. The third-order valence-electron chi connectivity index (χ3n) is 2.85. The molecule has 1 heterocycles. The van der Waals surface area contributed by atoms with Gasteiger partial charge in [0.15, 0.2) is 0 Å². The van der Waals surface area contributed by atoms with E-state index >= 15 is 0 Å². The Morgan fingerprint density at radius 3 is 2.45 bits per heavy atom. The minimum Gasteiger partial charge on any atom is -0.477 e. The first kappa shape index (κ1) is 12.5. The summed E-state index contributed by atoms with van der Waals surface area (Å²) in [6.45, 7) is 0. The summed E-state index contributed by atoms with van der Waals surface area (Å²) < 4.78 is 0.965. The number of hydrogen-bond donors (Lipinski definition) is 1. The second-order valence-corrected chi connectivity index (χ2v) is 5.37. The van der Waals surface area contributed by atoms with Crippen molar-refractivity contribution in [2.24, 2.45) is 0 Å². The number of aromatic carboxylic acids is 1. The minimum absolute atomic E-state index is 0.355. The fourth-order valence-corrected chi connectivity index (χ4v) is 2.77. The summed E-state index contributed by atoms with van der Waals surface area (Å²) in [4.78, 5) is 11.3. The zero-order valence-electron chi connectivity index (χ0n) is 10.5. The molecule has 0 saturated heterocycles. The van der Waals surface area contributed by atoms with Gasteiger partial charge in [-0.3, -0.25) is 0 Å². The highest BCUT2D eigenvalue weighted by atomic mass is 32.1. The maximum atomic E-state index is 10.9. The van der Waals surface area contributed by atoms with Gasteiger partial charge in [-0.15, -0.1) is 11.3 Å². The highest BCUT2D eigenvalue weighted by Crippen LogP contribution is 2.26. The molecule has 0 fully saturated rings. The Balaban J connectivity index is 1.97. The molecule has 0 spiro atoms. The van der Waals surface area contributed by atoms with Crippen LogP contribution in [0, 0.1) is 11.8 Å². The molecular formula is C17H10O2S. The second-order valence-electron chi connectivity index (χ2n) is 4.28. The lowest BCUT2D eigenvalue weighted by Gasteiger charge is -1.91. The summed E-state index contributed by atoms with van der Waals surface area (Å²) in [5.41, 5.74) is 1.85. The maximum Gasteiger partial charge on any atom is 0.345 e. The van der Waals surface area contributed by atoms with E-state index < -0.39 is 5.97 Å². The minimum atomic E-state index is -0.886. The molecule has 0 amide bonds. The van der Waals surface area contributed by atoms with Crippen molar-refractivity contribution in [3.05, 3.63) is 70.6 Å². The van der Waals surface area contributed by atoms with Crippen molar-refractivity contribution >= 4 is 27.4 Å². The van der Waals surface area contributed by atoms with Crippen molar-refractivity contribution in [3.63, 3.8) is 0 Å². The number of carboxylic acid groups (broad SMARTS) is 1. The fourth-order valence-electron chi connectivity index (χ4n) is 1.89. The molecule has 0 radical (unpaired) electrons. The smallest absolute Gasteiger partial charge is 0.345 e. The van der Waals surface area contributed by atoms with Crippen LogP contribution in [0.5, 0.6) is 0 Å². The van der Waals surface area contributed by atoms with Gasteiger partial charge in [-0.1, -0.05) is 30.0 Å². The van der Waals surface area contributed by atoms with E-state index in [1.165, 1.54) is 11.3 Å². The van der Waals surface area contributed by atoms with Crippen LogP contribution in [0.2, 0.25) is 0 Å². The SMILES string of the molecule is O=C(O)c1cc2cc(C#Cc3ccccc3)ccc2s1. The van der Waals surface area contributed by atoms with Gasteiger partial charge >= 0.3 is 5.97 Å². The van der Waals surface area contributed by atoms with Gasteiger partial charge in [0.2, 0.25) is 0 Å². The lowest BCUT2D eigenvalue weighted by Crippen LogP contribution is -1.89. The van der Waals surface area contributed by atoms with Crippen LogP contribution in [0.15, 0.2) is 54.6 Å². The van der Waals surface area contributed by atoms with Gasteiger partial charge in [0.25, 0.3) is 0 Å². The molecule has 1 aromatic heterocycles. The molecule has 96 valence electrons. The Bertz CT molecular complexity index is 836. The maximum absolute atomic E-state index is 10.9. The van der Waals surface area contributed by atoms with E-state index in [-0.39, 0.29) is 0 Å². The molecule has 3 rings (SSSR count). The summed E-state index contributed by atoms with van der Waals surface area (Å²) in [5, 5.41) is 9.91. The van der Waals surface area contributed by atoms with E-state index in [1.807, 2.05) is 48.5 Å². The molecule has 0 aliphatic carbocycles. The molecule has 3 aromatic rings. The summed E-state index contributed by atoms with van der Waals surface area (Å²) in [6, 6.07) is 17.2. The number of thiophene rings is 1. The van der Waals surface area contributed by atoms with Gasteiger partial charge < -0.3 is 5.11 Å². The molecule has 0 saturated carbocycles. The molecule has 0 bridgehead atoms. The molecule has 3 heteroatoms. The van der Waals surface area contributed by atoms with Crippen LogP contribution in [-0.4, -0.2) is 11.1 Å². The molecule has 0 aliphatic heterocycles. The monoisotopic (exact) mass is 278 g/mol. The molecule has 0 unspecified atom stereocenters. The zero-order valence-corrected chi connectivity index (χ0v) is 11.3. The summed E-state index contributed by atoms with van der Waals surface area (Å²) in [6.07, 6.45) is 0. The van der Waals surface area contributed by atoms with E-state index in [0.29, 0.717) is 4.88 Å². The van der Waals surface area contributed by atoms with Crippen LogP contribution in [0.1, 0.15) is 20.8 Å². The number of hydrogen-bond acceptors (Lipinski definition) is 2. The number of carbonyl (C=O) groups is 1. The van der Waals surface area contributed by atoms with Crippen LogP contribution in [0.4, 0.5) is 0 Å². The summed E-state index contributed by atoms with van der Waals surface area (Å²) >= 11 is 1.28. The van der Waals surface area contributed by atoms with Crippen LogP contribution < -0.4 is 0 Å². The predicted octanol–water partition coefficient (Wildman–Crippen LogP) is 4.00. The quantitative estimate of drug-likeness (QED) is 0.683. The topological polar surface area (TPSA) is 37.3 Å². The lowest BCUT2D eigenvalue weighted by molar-refractivity contribution is 0.0702. The first-order chi connectivity index (χ1) is 9.72. The molecule has 2 nitrogen and oxygen atoms in total. The summed E-state index contributed by atoms with van der Waals surface area (Å²) in [5.74, 6) is 5.31. The molecule has 0 aliphatic rings. The number of benzene rings is 2. The highest BCUT2D eigenvalue weighted by Gasteiger charge is 2.07. The van der Waals surface area contributed by atoms with E-state index in [4.69, 9.17) is 5.11 Å². The van der Waals surface area contributed by atoms with Crippen molar-refractivity contribution in [1.29, 1.82) is 0 Å². The molecule has 1 N–H and O–H groups in total. The Morgan fingerprint density at radius 1 is 0.950 bits per heavy atom. The lowest BCUT2D eigenvalue weighted by atomic mass is 10.1. The van der Waals surface area contributed by atoms with E-state index in [2.05, 4.69) is 11.8 Å².